The van der Waals surface area contributed by atoms with Crippen molar-refractivity contribution in [1.29, 1.82) is 0 Å². The van der Waals surface area contributed by atoms with Gasteiger partial charge in [0.1, 0.15) is 17.3 Å². The predicted octanol–water partition coefficient (Wildman–Crippen LogP) is 9.57. The van der Waals surface area contributed by atoms with Gasteiger partial charge in [0.25, 0.3) is 0 Å². The van der Waals surface area contributed by atoms with Gasteiger partial charge in [0, 0.05) is 45.9 Å². The lowest BCUT2D eigenvalue weighted by Crippen LogP contribution is -2.14. The summed E-state index contributed by atoms with van der Waals surface area (Å²) in [5.41, 5.74) is 5.30. The molecule has 0 N–H and O–H groups in total. The first-order chi connectivity index (χ1) is 20.0. The molecule has 0 aliphatic heterocycles. The van der Waals surface area contributed by atoms with Gasteiger partial charge in [-0.25, -0.2) is 19.8 Å². The monoisotopic (exact) mass is 551 g/mol. The third-order valence-corrected chi connectivity index (χ3v) is 7.42. The van der Waals surface area contributed by atoms with E-state index in [4.69, 9.17) is 21.3 Å². The molecule has 0 saturated carbocycles. The van der Waals surface area contributed by atoms with Crippen LogP contribution >= 0.6 is 0 Å². The molecule has 0 spiro atoms. The summed E-state index contributed by atoms with van der Waals surface area (Å²) in [6, 6.07) is 26.1. The molecule has 0 radical (unpaired) electrons. The zero-order valence-corrected chi connectivity index (χ0v) is 24.8. The van der Waals surface area contributed by atoms with Crippen LogP contribution in [0.2, 0.25) is 0 Å². The van der Waals surface area contributed by atoms with Crippen LogP contribution in [0.3, 0.4) is 0 Å². The maximum atomic E-state index is 7.69. The summed E-state index contributed by atoms with van der Waals surface area (Å²) >= 11 is 0. The number of hydrogen-bond acceptors (Lipinski definition) is 4. The van der Waals surface area contributed by atoms with Gasteiger partial charge < -0.3 is 4.74 Å². The zero-order chi connectivity index (χ0) is 29.6. The molecule has 0 fully saturated rings. The second kappa shape index (κ2) is 10.1. The largest absolute Gasteiger partial charge is 0.459 e. The molecule has 6 rings (SSSR count). The number of rotatable bonds is 4. The SMILES string of the molecule is [C-]#[N+]c1cc(Oc2ccc3c4ccccc4n(-c4cc(C(C)(C)C)ccn4)c3c2)cc(-c2nccc(C(C)(C)C)n2)c1. The molecule has 0 atom stereocenters. The summed E-state index contributed by atoms with van der Waals surface area (Å²) in [6.45, 7) is 20.7. The van der Waals surface area contributed by atoms with E-state index in [1.807, 2.05) is 30.5 Å². The fourth-order valence-electron chi connectivity index (χ4n) is 5.16. The Labute approximate surface area is 246 Å². The zero-order valence-electron chi connectivity index (χ0n) is 24.8. The van der Waals surface area contributed by atoms with E-state index in [1.54, 1.807) is 18.3 Å². The first-order valence-electron chi connectivity index (χ1n) is 14.1. The highest BCUT2D eigenvalue weighted by Crippen LogP contribution is 2.37. The topological polar surface area (TPSA) is 57.2 Å². The Morgan fingerprint density at radius 1 is 0.714 bits per heavy atom. The molecule has 0 amide bonds. The number of fused-ring (bicyclic) bond motifs is 3. The molecule has 6 nitrogen and oxygen atoms in total. The molecule has 6 aromatic rings. The van der Waals surface area contributed by atoms with Gasteiger partial charge in [-0.2, -0.15) is 0 Å². The van der Waals surface area contributed by atoms with E-state index < -0.39 is 0 Å². The molecule has 0 bridgehead atoms. The Bertz CT molecular complexity index is 2000. The van der Waals surface area contributed by atoms with Gasteiger partial charge in [-0.3, -0.25) is 4.57 Å². The van der Waals surface area contributed by atoms with Crippen molar-refractivity contribution in [1.82, 2.24) is 19.5 Å². The van der Waals surface area contributed by atoms with E-state index in [2.05, 4.69) is 98.4 Å². The fraction of sp³-hybridized carbons (Fsp3) is 0.222. The van der Waals surface area contributed by atoms with Crippen LogP contribution in [0.5, 0.6) is 11.5 Å². The number of para-hydroxylation sites is 1. The summed E-state index contributed by atoms with van der Waals surface area (Å²) < 4.78 is 8.61. The van der Waals surface area contributed by atoms with Gasteiger partial charge in [-0.05, 0) is 65.6 Å². The Kier molecular flexibility index (Phi) is 6.54. The third kappa shape index (κ3) is 5.10. The molecular weight excluding hydrogens is 518 g/mol. The standard InChI is InChI=1S/C36H33N5O/c1-35(2,3)24-14-16-38-33(20-24)41-30-11-9-8-10-28(30)29-13-12-26(22-31(29)41)42-27-19-23(18-25(21-27)37-7)34-39-17-15-32(40-34)36(4,5)6/h8-22H,1-6H3. The highest BCUT2D eigenvalue weighted by molar-refractivity contribution is 6.09. The van der Waals surface area contributed by atoms with Crippen LogP contribution in [-0.2, 0) is 10.8 Å². The second-order valence-electron chi connectivity index (χ2n) is 12.6. The van der Waals surface area contributed by atoms with Crippen molar-refractivity contribution in [2.24, 2.45) is 0 Å². The highest BCUT2D eigenvalue weighted by Gasteiger charge is 2.19. The van der Waals surface area contributed by atoms with E-state index in [0.29, 0.717) is 23.0 Å². The minimum atomic E-state index is -0.121. The van der Waals surface area contributed by atoms with Gasteiger partial charge >= 0.3 is 0 Å². The van der Waals surface area contributed by atoms with Crippen molar-refractivity contribution in [2.75, 3.05) is 0 Å². The van der Waals surface area contributed by atoms with Gasteiger partial charge in [-0.15, -0.1) is 0 Å². The molecule has 0 aliphatic rings. The molecule has 3 aromatic carbocycles. The smallest absolute Gasteiger partial charge is 0.191 e. The summed E-state index contributed by atoms with van der Waals surface area (Å²) in [5.74, 6) is 2.64. The van der Waals surface area contributed by atoms with Crippen LogP contribution < -0.4 is 4.74 Å². The summed E-state index contributed by atoms with van der Waals surface area (Å²) in [6.07, 6.45) is 3.65. The van der Waals surface area contributed by atoms with E-state index in [1.165, 1.54) is 5.56 Å². The lowest BCUT2D eigenvalue weighted by Gasteiger charge is -2.20. The van der Waals surface area contributed by atoms with E-state index in [-0.39, 0.29) is 10.8 Å². The highest BCUT2D eigenvalue weighted by atomic mass is 16.5. The molecule has 6 heteroatoms. The lowest BCUT2D eigenvalue weighted by atomic mass is 9.88. The van der Waals surface area contributed by atoms with Crippen LogP contribution in [0.25, 0.3) is 43.9 Å². The van der Waals surface area contributed by atoms with Crippen molar-refractivity contribution in [2.45, 2.75) is 52.4 Å². The van der Waals surface area contributed by atoms with Crippen LogP contribution in [0, 0.1) is 6.57 Å². The molecule has 42 heavy (non-hydrogen) atoms. The average molecular weight is 552 g/mol. The van der Waals surface area contributed by atoms with Crippen molar-refractivity contribution in [3.8, 4) is 28.7 Å². The van der Waals surface area contributed by atoms with Crippen LogP contribution in [0.1, 0.15) is 52.8 Å². The summed E-state index contributed by atoms with van der Waals surface area (Å²) in [5, 5.41) is 2.26. The predicted molar refractivity (Wildman–Crippen MR) is 170 cm³/mol. The number of aromatic nitrogens is 4. The second-order valence-corrected chi connectivity index (χ2v) is 12.6. The lowest BCUT2D eigenvalue weighted by molar-refractivity contribution is 0.484. The van der Waals surface area contributed by atoms with Gasteiger partial charge in [-0.1, -0.05) is 59.7 Å². The fourth-order valence-corrected chi connectivity index (χ4v) is 5.16. The van der Waals surface area contributed by atoms with E-state index >= 15 is 0 Å². The normalized spacial score (nSPS) is 12.0. The third-order valence-electron chi connectivity index (χ3n) is 7.42. The molecular formula is C36H33N5O. The Balaban J connectivity index is 1.46. The van der Waals surface area contributed by atoms with Crippen molar-refractivity contribution in [3.63, 3.8) is 0 Å². The molecule has 3 aromatic heterocycles. The molecule has 0 aliphatic carbocycles. The summed E-state index contributed by atoms with van der Waals surface area (Å²) in [4.78, 5) is 17.8. The minimum absolute atomic E-state index is 0.00748. The Hall–Kier alpha value is -5.02. The van der Waals surface area contributed by atoms with Crippen LogP contribution in [0.15, 0.2) is 91.3 Å². The van der Waals surface area contributed by atoms with Crippen molar-refractivity contribution >= 4 is 27.5 Å². The number of benzene rings is 3. The van der Waals surface area contributed by atoms with Gasteiger partial charge in [0.2, 0.25) is 0 Å². The number of nitrogens with zero attached hydrogens (tertiary/aromatic N) is 5. The van der Waals surface area contributed by atoms with Gasteiger partial charge in [0.05, 0.1) is 17.6 Å². The molecule has 3 heterocycles. The molecule has 0 unspecified atom stereocenters. The molecule has 208 valence electrons. The number of ether oxygens (including phenoxy) is 1. The Morgan fingerprint density at radius 2 is 1.48 bits per heavy atom. The number of hydrogen-bond donors (Lipinski definition) is 0. The maximum Gasteiger partial charge on any atom is 0.191 e. The van der Waals surface area contributed by atoms with Crippen LogP contribution in [-0.4, -0.2) is 19.5 Å². The quantitative estimate of drug-likeness (QED) is 0.205. The first-order valence-corrected chi connectivity index (χ1v) is 14.1. The Morgan fingerprint density at radius 3 is 2.24 bits per heavy atom. The maximum absolute atomic E-state index is 7.69. The van der Waals surface area contributed by atoms with E-state index in [9.17, 15) is 0 Å². The average Bonchev–Trinajstić information content (AvgIpc) is 3.30. The van der Waals surface area contributed by atoms with Crippen molar-refractivity contribution < 1.29 is 4.74 Å². The van der Waals surface area contributed by atoms with Crippen molar-refractivity contribution in [3.05, 3.63) is 114 Å². The van der Waals surface area contributed by atoms with Gasteiger partial charge in [0.15, 0.2) is 11.5 Å². The number of pyridine rings is 1. The summed E-state index contributed by atoms with van der Waals surface area (Å²) in [7, 11) is 0. The van der Waals surface area contributed by atoms with E-state index in [0.717, 1.165) is 38.9 Å². The van der Waals surface area contributed by atoms with Crippen LogP contribution in [0.4, 0.5) is 5.69 Å². The molecule has 0 saturated heterocycles. The first kappa shape index (κ1) is 27.2. The minimum Gasteiger partial charge on any atom is -0.459 e.